The minimum atomic E-state index is -1.51. The molecule has 3 N–H and O–H groups in total. The van der Waals surface area contributed by atoms with Gasteiger partial charge in [-0.15, -0.1) is 0 Å². The Bertz CT molecular complexity index is 956. The van der Waals surface area contributed by atoms with Crippen LogP contribution in [0.5, 0.6) is 5.75 Å². The largest absolute Gasteiger partial charge is 0.496 e. The van der Waals surface area contributed by atoms with Crippen LogP contribution in [0.2, 0.25) is 0 Å². The highest BCUT2D eigenvalue weighted by molar-refractivity contribution is 6.58. The number of ether oxygens (including phenoxy) is 1. The highest BCUT2D eigenvalue weighted by Crippen LogP contribution is 2.40. The van der Waals surface area contributed by atoms with Crippen LogP contribution in [0.4, 0.5) is 0 Å². The van der Waals surface area contributed by atoms with E-state index in [0.717, 1.165) is 44.6 Å². The van der Waals surface area contributed by atoms with Gasteiger partial charge >= 0.3 is 7.12 Å². The minimum absolute atomic E-state index is 0.126. The quantitative estimate of drug-likeness (QED) is 0.393. The van der Waals surface area contributed by atoms with Gasteiger partial charge in [0.25, 0.3) is 5.91 Å². The summed E-state index contributed by atoms with van der Waals surface area (Å²) in [7, 11) is 0.318. The molecule has 0 radical (unpaired) electrons. The number of rotatable bonds is 9. The van der Waals surface area contributed by atoms with Crippen molar-refractivity contribution >= 4 is 18.5 Å². The Morgan fingerprint density at radius 2 is 1.79 bits per heavy atom. The van der Waals surface area contributed by atoms with Crippen molar-refractivity contribution < 1.29 is 19.6 Å². The van der Waals surface area contributed by atoms with Crippen molar-refractivity contribution in [2.75, 3.05) is 33.3 Å². The summed E-state index contributed by atoms with van der Waals surface area (Å²) in [5.74, 6) is 1.61. The van der Waals surface area contributed by atoms with Crippen molar-refractivity contribution in [3.63, 3.8) is 0 Å². The maximum atomic E-state index is 12.2. The first kappa shape index (κ1) is 24.8. The molecular formula is C27H37BN2O4. The van der Waals surface area contributed by atoms with Gasteiger partial charge in [-0.1, -0.05) is 24.3 Å². The molecule has 2 aromatic carbocycles. The topological polar surface area (TPSA) is 82.0 Å². The molecule has 0 aromatic heterocycles. The zero-order chi connectivity index (χ0) is 23.9. The molecule has 1 aliphatic heterocycles. The molecule has 34 heavy (non-hydrogen) atoms. The number of unbranched alkanes of at least 4 members (excludes halogenated alkanes) is 1. The standard InChI is InChI=1S/C27H37BN2O4/c1-34-26-24-7-3-2-6-20(24)10-13-25(26)21-14-18-30(19-15-21)17-5-4-16-29-27(31)22-8-11-23(12-9-22)28(32)33/h8-13,21,32-33H,2-7,14-19H2,1H3,(H,29,31). The molecule has 1 amide bonds. The van der Waals surface area contributed by atoms with Crippen molar-refractivity contribution in [1.29, 1.82) is 0 Å². The Hall–Kier alpha value is -2.35. The van der Waals surface area contributed by atoms with E-state index in [4.69, 9.17) is 14.8 Å². The zero-order valence-corrected chi connectivity index (χ0v) is 20.3. The number of methoxy groups -OCH3 is 1. The van der Waals surface area contributed by atoms with Crippen molar-refractivity contribution in [3.05, 3.63) is 58.7 Å². The van der Waals surface area contributed by atoms with Crippen LogP contribution in [-0.4, -0.2) is 61.3 Å². The summed E-state index contributed by atoms with van der Waals surface area (Å²) in [5.41, 5.74) is 5.26. The summed E-state index contributed by atoms with van der Waals surface area (Å²) in [5, 5.41) is 21.2. The molecule has 1 saturated heterocycles. The lowest BCUT2D eigenvalue weighted by atomic mass is 9.80. The fourth-order valence-corrected chi connectivity index (χ4v) is 5.41. The molecule has 0 atom stereocenters. The average Bonchev–Trinajstić information content (AvgIpc) is 2.88. The van der Waals surface area contributed by atoms with Crippen molar-refractivity contribution in [3.8, 4) is 5.75 Å². The Balaban J connectivity index is 1.17. The Morgan fingerprint density at radius 1 is 1.06 bits per heavy atom. The van der Waals surface area contributed by atoms with Gasteiger partial charge in [0, 0.05) is 12.1 Å². The second-order valence-corrected chi connectivity index (χ2v) is 9.61. The molecule has 2 aromatic rings. The van der Waals surface area contributed by atoms with Crippen LogP contribution < -0.4 is 15.5 Å². The molecular weight excluding hydrogens is 427 g/mol. The van der Waals surface area contributed by atoms with Gasteiger partial charge in [0.2, 0.25) is 0 Å². The van der Waals surface area contributed by atoms with Crippen molar-refractivity contribution in [1.82, 2.24) is 10.2 Å². The van der Waals surface area contributed by atoms with E-state index in [9.17, 15) is 4.79 Å². The van der Waals surface area contributed by atoms with Crippen LogP contribution in [0.25, 0.3) is 0 Å². The third kappa shape index (κ3) is 6.01. The number of aryl methyl sites for hydroxylation is 1. The molecule has 1 heterocycles. The van der Waals surface area contributed by atoms with Crippen LogP contribution in [0.15, 0.2) is 36.4 Å². The summed E-state index contributed by atoms with van der Waals surface area (Å²) in [6.07, 6.45) is 9.24. The lowest BCUT2D eigenvalue weighted by Crippen LogP contribution is -2.34. The fraction of sp³-hybridized carbons (Fsp3) is 0.519. The number of fused-ring (bicyclic) bond motifs is 1. The number of nitrogens with zero attached hydrogens (tertiary/aromatic N) is 1. The van der Waals surface area contributed by atoms with E-state index in [0.29, 0.717) is 23.5 Å². The highest BCUT2D eigenvalue weighted by Gasteiger charge is 2.26. The van der Waals surface area contributed by atoms with E-state index in [1.165, 1.54) is 48.8 Å². The van der Waals surface area contributed by atoms with Crippen LogP contribution >= 0.6 is 0 Å². The number of carbonyl (C=O) groups is 1. The summed E-state index contributed by atoms with van der Waals surface area (Å²) < 4.78 is 5.91. The van der Waals surface area contributed by atoms with E-state index >= 15 is 0 Å². The average molecular weight is 464 g/mol. The van der Waals surface area contributed by atoms with Gasteiger partial charge in [-0.3, -0.25) is 4.79 Å². The van der Waals surface area contributed by atoms with Gasteiger partial charge in [0.05, 0.1) is 7.11 Å². The molecule has 2 aliphatic rings. The molecule has 4 rings (SSSR count). The first-order valence-corrected chi connectivity index (χ1v) is 12.7. The van der Waals surface area contributed by atoms with Gasteiger partial charge < -0.3 is 25.0 Å². The van der Waals surface area contributed by atoms with Crippen LogP contribution in [0, 0.1) is 0 Å². The maximum Gasteiger partial charge on any atom is 0.488 e. The summed E-state index contributed by atoms with van der Waals surface area (Å²) in [6.45, 7) is 3.93. The Morgan fingerprint density at radius 3 is 2.50 bits per heavy atom. The second kappa shape index (κ2) is 11.9. The molecule has 0 spiro atoms. The molecule has 0 bridgehead atoms. The predicted octanol–water partition coefficient (Wildman–Crippen LogP) is 2.64. The third-order valence-corrected chi connectivity index (χ3v) is 7.40. The van der Waals surface area contributed by atoms with Crippen LogP contribution in [0.3, 0.4) is 0 Å². The number of piperidine rings is 1. The summed E-state index contributed by atoms with van der Waals surface area (Å²) >= 11 is 0. The minimum Gasteiger partial charge on any atom is -0.496 e. The number of likely N-dealkylation sites (tertiary alicyclic amines) is 1. The Labute approximate surface area is 203 Å². The number of hydrogen-bond donors (Lipinski definition) is 3. The number of carbonyl (C=O) groups excluding carboxylic acids is 1. The Kier molecular flexibility index (Phi) is 8.65. The van der Waals surface area contributed by atoms with E-state index in [1.54, 1.807) is 24.3 Å². The van der Waals surface area contributed by atoms with E-state index < -0.39 is 7.12 Å². The van der Waals surface area contributed by atoms with E-state index in [-0.39, 0.29) is 5.91 Å². The highest BCUT2D eigenvalue weighted by atomic mass is 16.5. The monoisotopic (exact) mass is 464 g/mol. The second-order valence-electron chi connectivity index (χ2n) is 9.61. The molecule has 182 valence electrons. The number of benzene rings is 2. The van der Waals surface area contributed by atoms with Gasteiger partial charge in [0.15, 0.2) is 0 Å². The number of amides is 1. The third-order valence-electron chi connectivity index (χ3n) is 7.40. The van der Waals surface area contributed by atoms with Crippen LogP contribution in [-0.2, 0) is 12.8 Å². The lowest BCUT2D eigenvalue weighted by Gasteiger charge is -2.33. The van der Waals surface area contributed by atoms with Gasteiger partial charge in [0.1, 0.15) is 5.75 Å². The molecule has 6 nitrogen and oxygen atoms in total. The lowest BCUT2D eigenvalue weighted by molar-refractivity contribution is 0.0952. The zero-order valence-electron chi connectivity index (χ0n) is 20.3. The van der Waals surface area contributed by atoms with Gasteiger partial charge in [-0.2, -0.15) is 0 Å². The first-order chi connectivity index (χ1) is 16.6. The summed E-state index contributed by atoms with van der Waals surface area (Å²) in [6, 6.07) is 11.0. The predicted molar refractivity (Wildman–Crippen MR) is 136 cm³/mol. The molecule has 1 aliphatic carbocycles. The van der Waals surface area contributed by atoms with Crippen molar-refractivity contribution in [2.24, 2.45) is 0 Å². The molecule has 7 heteroatoms. The number of nitrogens with one attached hydrogen (secondary N) is 1. The van der Waals surface area contributed by atoms with Gasteiger partial charge in [-0.05, 0) is 111 Å². The smallest absolute Gasteiger partial charge is 0.488 e. The molecule has 1 fully saturated rings. The maximum absolute atomic E-state index is 12.2. The normalized spacial score (nSPS) is 16.7. The van der Waals surface area contributed by atoms with E-state index in [1.807, 2.05) is 7.11 Å². The van der Waals surface area contributed by atoms with E-state index in [2.05, 4.69) is 22.3 Å². The van der Waals surface area contributed by atoms with Gasteiger partial charge in [-0.25, -0.2) is 0 Å². The SMILES string of the molecule is COc1c(C2CCN(CCCCNC(=O)c3ccc(B(O)O)cc3)CC2)ccc2c1CCCC2. The molecule has 0 saturated carbocycles. The first-order valence-electron chi connectivity index (χ1n) is 12.7. The summed E-state index contributed by atoms with van der Waals surface area (Å²) in [4.78, 5) is 14.8. The van der Waals surface area contributed by atoms with Crippen LogP contribution in [0.1, 0.15) is 71.5 Å². The van der Waals surface area contributed by atoms with Crippen molar-refractivity contribution in [2.45, 2.75) is 57.3 Å². The molecule has 0 unspecified atom stereocenters. The number of hydrogen-bond acceptors (Lipinski definition) is 5. The fourth-order valence-electron chi connectivity index (χ4n) is 5.41.